The maximum atomic E-state index is 3.53. The van der Waals surface area contributed by atoms with Crippen molar-refractivity contribution in [1.29, 1.82) is 0 Å². The third-order valence-corrected chi connectivity index (χ3v) is 8.66. The van der Waals surface area contributed by atoms with E-state index in [0.29, 0.717) is 5.92 Å². The van der Waals surface area contributed by atoms with Crippen molar-refractivity contribution in [3.8, 4) is 11.1 Å². The zero-order valence-corrected chi connectivity index (χ0v) is 29.1. The van der Waals surface area contributed by atoms with Crippen LogP contribution >= 0.6 is 0 Å². The molecule has 0 fully saturated rings. The molecule has 4 aromatic carbocycles. The number of hydrogen-bond donors (Lipinski definition) is 0. The number of fused-ring (bicyclic) bond motifs is 3. The van der Waals surface area contributed by atoms with Crippen LogP contribution in [-0.2, 0) is 41.5 Å². The van der Waals surface area contributed by atoms with Gasteiger partial charge in [-0.1, -0.05) is 126 Å². The first-order chi connectivity index (χ1) is 19.9. The van der Waals surface area contributed by atoms with Crippen LogP contribution in [0, 0.1) is 18.1 Å². The molecule has 0 N–H and O–H groups in total. The van der Waals surface area contributed by atoms with Crippen LogP contribution in [0.3, 0.4) is 0 Å². The molecule has 1 heteroatoms. The van der Waals surface area contributed by atoms with Crippen molar-refractivity contribution in [3.63, 3.8) is 0 Å². The Balaban J connectivity index is 0.000000163. The Labute approximate surface area is 269 Å². The van der Waals surface area contributed by atoms with Crippen molar-refractivity contribution in [1.82, 2.24) is 0 Å². The van der Waals surface area contributed by atoms with Crippen molar-refractivity contribution in [3.05, 3.63) is 148 Å². The monoisotopic (exact) mass is 626 g/mol. The molecule has 0 radical (unpaired) electrons. The molecule has 212 valence electrons. The summed E-state index contributed by atoms with van der Waals surface area (Å²) in [6.45, 7) is 17.9. The summed E-state index contributed by atoms with van der Waals surface area (Å²) in [6.07, 6.45) is 6.69. The van der Waals surface area contributed by atoms with Gasteiger partial charge in [-0.3, -0.25) is 6.08 Å². The molecule has 6 rings (SSSR count). The van der Waals surface area contributed by atoms with Crippen molar-refractivity contribution >= 4 is 9.28 Å². The van der Waals surface area contributed by atoms with E-state index in [2.05, 4.69) is 156 Å². The molecule has 4 aromatic rings. The van der Waals surface area contributed by atoms with Crippen molar-refractivity contribution in [2.75, 3.05) is 0 Å². The molecule has 0 aliphatic heterocycles. The van der Waals surface area contributed by atoms with E-state index in [4.69, 9.17) is 0 Å². The van der Waals surface area contributed by atoms with Gasteiger partial charge in [-0.15, -0.1) is 11.1 Å². The first-order valence-corrected chi connectivity index (χ1v) is 16.4. The first-order valence-electron chi connectivity index (χ1n) is 15.0. The van der Waals surface area contributed by atoms with Gasteiger partial charge in [-0.05, 0) is 17.4 Å². The molecule has 2 aliphatic carbocycles. The Bertz CT molecular complexity index is 1510. The van der Waals surface area contributed by atoms with Crippen LogP contribution in [0.2, 0.25) is 0 Å². The molecule has 1 atom stereocenters. The summed E-state index contributed by atoms with van der Waals surface area (Å²) < 4.78 is 2.17. The van der Waals surface area contributed by atoms with Gasteiger partial charge in [0.1, 0.15) is 0 Å². The Morgan fingerprint density at radius 3 is 1.88 bits per heavy atom. The molecule has 0 amide bonds. The zero-order valence-electron chi connectivity index (χ0n) is 26.6. The van der Waals surface area contributed by atoms with E-state index < -0.39 is 0 Å². The molecule has 0 nitrogen and oxygen atoms in total. The van der Waals surface area contributed by atoms with Crippen molar-refractivity contribution in [2.45, 2.75) is 72.6 Å². The molecular formula is C41H44Zr. The molecule has 0 aromatic heterocycles. The predicted molar refractivity (Wildman–Crippen MR) is 179 cm³/mol. The fourth-order valence-corrected chi connectivity index (χ4v) is 5.77. The molecular weight excluding hydrogens is 584 g/mol. The van der Waals surface area contributed by atoms with Gasteiger partial charge >= 0.3 is 63.8 Å². The zero-order chi connectivity index (χ0) is 30.5. The molecule has 0 saturated carbocycles. The Kier molecular flexibility index (Phi) is 10.4. The quantitative estimate of drug-likeness (QED) is 0.171. The molecule has 1 unspecified atom stereocenters. The second-order valence-corrected chi connectivity index (χ2v) is 14.1. The van der Waals surface area contributed by atoms with Gasteiger partial charge in [-0.25, -0.2) is 5.57 Å². The molecule has 0 heterocycles. The van der Waals surface area contributed by atoms with Crippen LogP contribution in [0.4, 0.5) is 0 Å². The van der Waals surface area contributed by atoms with Crippen LogP contribution in [-0.4, -0.2) is 3.71 Å². The fourth-order valence-electron chi connectivity index (χ4n) is 5.30. The summed E-state index contributed by atoms with van der Waals surface area (Å²) in [5, 5.41) is 0. The van der Waals surface area contributed by atoms with Crippen LogP contribution in [0.25, 0.3) is 16.7 Å². The topological polar surface area (TPSA) is 0 Å². The normalized spacial score (nSPS) is 15.2. The second kappa shape index (κ2) is 13.6. The number of benzene rings is 4. The number of rotatable bonds is 2. The van der Waals surface area contributed by atoms with Gasteiger partial charge in [0.25, 0.3) is 0 Å². The van der Waals surface area contributed by atoms with E-state index >= 15 is 0 Å². The summed E-state index contributed by atoms with van der Waals surface area (Å²) in [6, 6.07) is 35.9. The van der Waals surface area contributed by atoms with Gasteiger partial charge in [0.15, 0.2) is 0 Å². The SMILES string of the molecule is CC(C)(C)c1c[c-]c2c(c1)-c1cc(C(C)(C)C)ccc1C2.CC1=[C-]C(C)C=C1c1ccccc1.[Zr+2]=[CH]c1ccccc1. The Morgan fingerprint density at radius 1 is 0.762 bits per heavy atom. The minimum absolute atomic E-state index is 0.177. The van der Waals surface area contributed by atoms with Crippen molar-refractivity contribution in [2.24, 2.45) is 5.92 Å². The van der Waals surface area contributed by atoms with E-state index in [-0.39, 0.29) is 10.8 Å². The van der Waals surface area contributed by atoms with Crippen LogP contribution < -0.4 is 0 Å². The van der Waals surface area contributed by atoms with E-state index in [1.54, 1.807) is 0 Å². The minimum atomic E-state index is 0.177. The second-order valence-electron chi connectivity index (χ2n) is 13.4. The summed E-state index contributed by atoms with van der Waals surface area (Å²) in [5.41, 5.74) is 14.0. The molecule has 0 spiro atoms. The first kappa shape index (κ1) is 32.0. The molecule has 0 bridgehead atoms. The molecule has 42 heavy (non-hydrogen) atoms. The summed E-state index contributed by atoms with van der Waals surface area (Å²) in [4.78, 5) is 0. The molecule has 0 saturated heterocycles. The summed E-state index contributed by atoms with van der Waals surface area (Å²) >= 11 is 1.46. The summed E-state index contributed by atoms with van der Waals surface area (Å²) in [7, 11) is 0. The third-order valence-electron chi connectivity index (χ3n) is 7.84. The van der Waals surface area contributed by atoms with Gasteiger partial charge in [-0.2, -0.15) is 41.0 Å². The van der Waals surface area contributed by atoms with E-state index in [0.717, 1.165) is 6.42 Å². The van der Waals surface area contributed by atoms with Crippen LogP contribution in [0.15, 0.2) is 103 Å². The Hall–Kier alpha value is -2.89. The summed E-state index contributed by atoms with van der Waals surface area (Å²) in [5.74, 6) is 0.468. The van der Waals surface area contributed by atoms with Crippen LogP contribution in [0.5, 0.6) is 0 Å². The standard InChI is InChI=1S/C21H25.C13H13.C7H6.Zr/c1-20(2,3)16-9-7-14-11-15-8-10-17(21(4,5)6)13-19(15)18(14)12-16;1-10-8-11(2)13(9-10)12-6-4-3-5-7-12;1-7-5-3-2-4-6-7;/h7,9-10,12-13H,11H2,1-6H3;3-7,9-10H,1-2H3;1-6H;/q2*-1;;+2. The van der Waals surface area contributed by atoms with Gasteiger partial charge in [0, 0.05) is 0 Å². The van der Waals surface area contributed by atoms with Gasteiger partial charge in [0.05, 0.1) is 0 Å². The fraction of sp³-hybridized carbons (Fsp3) is 0.293. The van der Waals surface area contributed by atoms with Crippen LogP contribution in [0.1, 0.15) is 88.8 Å². The average Bonchev–Trinajstić information content (AvgIpc) is 3.51. The van der Waals surface area contributed by atoms with Crippen molar-refractivity contribution < 1.29 is 24.2 Å². The third kappa shape index (κ3) is 8.14. The van der Waals surface area contributed by atoms with Gasteiger partial charge in [0.2, 0.25) is 0 Å². The average molecular weight is 628 g/mol. The maximum absolute atomic E-state index is 3.53. The predicted octanol–water partition coefficient (Wildman–Crippen LogP) is 10.5. The molecule has 2 aliphatic rings. The van der Waals surface area contributed by atoms with E-state index in [1.807, 2.05) is 12.1 Å². The Morgan fingerprint density at radius 2 is 1.36 bits per heavy atom. The van der Waals surface area contributed by atoms with Gasteiger partial charge < -0.3 is 0 Å². The number of allylic oxidation sites excluding steroid dienone is 4. The number of hydrogen-bond acceptors (Lipinski definition) is 0. The van der Waals surface area contributed by atoms with E-state index in [9.17, 15) is 0 Å². The van der Waals surface area contributed by atoms with E-state index in [1.165, 1.54) is 79.9 Å².